The second kappa shape index (κ2) is 8.84. The number of aromatic nitrogens is 3. The van der Waals surface area contributed by atoms with Crippen LogP contribution in [0, 0.1) is 6.92 Å². The summed E-state index contributed by atoms with van der Waals surface area (Å²) in [5, 5.41) is 4.19. The summed E-state index contributed by atoms with van der Waals surface area (Å²) in [7, 11) is 2.15. The Hall–Kier alpha value is -3.04. The van der Waals surface area contributed by atoms with E-state index in [-0.39, 0.29) is 5.91 Å². The molecule has 32 heavy (non-hydrogen) atoms. The molecule has 0 radical (unpaired) electrons. The smallest absolute Gasteiger partial charge is 0.254 e. The van der Waals surface area contributed by atoms with Gasteiger partial charge in [0.1, 0.15) is 17.5 Å². The maximum atomic E-state index is 12.8. The van der Waals surface area contributed by atoms with E-state index in [2.05, 4.69) is 32.1 Å². The summed E-state index contributed by atoms with van der Waals surface area (Å²) in [5.74, 6) is 2.52. The Morgan fingerprint density at radius 3 is 2.59 bits per heavy atom. The Labute approximate surface area is 191 Å². The van der Waals surface area contributed by atoms with Crippen molar-refractivity contribution in [3.05, 3.63) is 58.4 Å². The second-order valence-electron chi connectivity index (χ2n) is 8.31. The minimum absolute atomic E-state index is 0.0717. The summed E-state index contributed by atoms with van der Waals surface area (Å²) in [4.78, 5) is 34.5. The van der Waals surface area contributed by atoms with Crippen LogP contribution in [-0.4, -0.2) is 70.4 Å². The molecule has 3 aromatic rings. The van der Waals surface area contributed by atoms with E-state index in [0.29, 0.717) is 13.1 Å². The van der Waals surface area contributed by atoms with Crippen LogP contribution in [0.15, 0.2) is 36.4 Å². The van der Waals surface area contributed by atoms with Gasteiger partial charge in [-0.3, -0.25) is 4.79 Å². The van der Waals surface area contributed by atoms with Crippen LogP contribution in [-0.2, 0) is 13.0 Å². The van der Waals surface area contributed by atoms with Gasteiger partial charge in [-0.15, -0.1) is 0 Å². The van der Waals surface area contributed by atoms with E-state index in [1.165, 1.54) is 0 Å². The van der Waals surface area contributed by atoms with Gasteiger partial charge in [-0.25, -0.2) is 15.0 Å². The van der Waals surface area contributed by atoms with Crippen molar-refractivity contribution in [3.8, 4) is 0 Å². The zero-order chi connectivity index (χ0) is 22.1. The number of carbonyl (C=O) groups excluding carboxylic acids is 1. The lowest BCUT2D eigenvalue weighted by molar-refractivity contribution is 0.0736. The third-order valence-corrected chi connectivity index (χ3v) is 6.92. The van der Waals surface area contributed by atoms with Crippen molar-refractivity contribution in [1.82, 2.24) is 24.8 Å². The van der Waals surface area contributed by atoms with Gasteiger partial charge in [0.15, 0.2) is 5.13 Å². The minimum atomic E-state index is 0.0717. The van der Waals surface area contributed by atoms with E-state index in [9.17, 15) is 4.79 Å². The summed E-state index contributed by atoms with van der Waals surface area (Å²) < 4.78 is 0. The average Bonchev–Trinajstić information content (AvgIpc) is 3.20. The van der Waals surface area contributed by atoms with Crippen LogP contribution in [0.2, 0.25) is 0 Å². The molecule has 4 heterocycles. The predicted molar refractivity (Wildman–Crippen MR) is 127 cm³/mol. The monoisotopic (exact) mass is 449 g/mol. The third-order valence-electron chi connectivity index (χ3n) is 5.93. The van der Waals surface area contributed by atoms with Crippen LogP contribution in [0.25, 0.3) is 0 Å². The normalized spacial score (nSPS) is 16.7. The number of fused-ring (bicyclic) bond motifs is 1. The zero-order valence-electron chi connectivity index (χ0n) is 18.4. The van der Waals surface area contributed by atoms with E-state index in [1.54, 1.807) is 11.3 Å². The van der Waals surface area contributed by atoms with Crippen molar-refractivity contribution in [1.29, 1.82) is 0 Å². The molecular weight excluding hydrogens is 422 g/mol. The van der Waals surface area contributed by atoms with Crippen molar-refractivity contribution in [3.63, 3.8) is 0 Å². The molecule has 2 aliphatic rings. The molecule has 2 aromatic heterocycles. The first-order valence-electron chi connectivity index (χ1n) is 10.9. The fourth-order valence-electron chi connectivity index (χ4n) is 4.11. The molecule has 0 spiro atoms. The number of rotatable bonds is 4. The SMILES string of the molecule is Cc1nc(Nc2nc3c(s2)CN(C(=O)c2ccccc2)CC3)cc(N2CCN(C)CC2)n1. The molecule has 1 aromatic carbocycles. The van der Waals surface area contributed by atoms with E-state index in [1.807, 2.05) is 48.2 Å². The van der Waals surface area contributed by atoms with Crippen molar-refractivity contribution in [2.45, 2.75) is 19.9 Å². The van der Waals surface area contributed by atoms with E-state index in [4.69, 9.17) is 4.98 Å². The first-order chi connectivity index (χ1) is 15.5. The highest BCUT2D eigenvalue weighted by atomic mass is 32.1. The first-order valence-corrected chi connectivity index (χ1v) is 11.8. The number of hydrogen-bond acceptors (Lipinski definition) is 8. The fraction of sp³-hybridized carbons (Fsp3) is 0.391. The molecule has 9 heteroatoms. The number of amides is 1. The van der Waals surface area contributed by atoms with Crippen molar-refractivity contribution < 1.29 is 4.79 Å². The number of thiazole rings is 1. The Morgan fingerprint density at radius 1 is 1.03 bits per heavy atom. The van der Waals surface area contributed by atoms with Gasteiger partial charge in [0, 0.05) is 55.7 Å². The summed E-state index contributed by atoms with van der Waals surface area (Å²) in [5.41, 5.74) is 1.80. The largest absolute Gasteiger partial charge is 0.354 e. The number of nitrogens with one attached hydrogen (secondary N) is 1. The molecule has 0 aliphatic carbocycles. The van der Waals surface area contributed by atoms with Gasteiger partial charge in [-0.1, -0.05) is 29.5 Å². The van der Waals surface area contributed by atoms with Gasteiger partial charge in [0.25, 0.3) is 5.91 Å². The zero-order valence-corrected chi connectivity index (χ0v) is 19.2. The molecule has 5 rings (SSSR count). The molecule has 0 saturated carbocycles. The molecule has 1 saturated heterocycles. The third kappa shape index (κ3) is 4.44. The maximum absolute atomic E-state index is 12.8. The van der Waals surface area contributed by atoms with Crippen LogP contribution >= 0.6 is 11.3 Å². The molecule has 0 atom stereocenters. The summed E-state index contributed by atoms with van der Waals surface area (Å²) in [6, 6.07) is 11.5. The average molecular weight is 450 g/mol. The molecule has 1 fully saturated rings. The number of likely N-dealkylation sites (N-methyl/N-ethyl adjacent to an activating group) is 1. The number of benzene rings is 1. The Morgan fingerprint density at radius 2 is 1.81 bits per heavy atom. The van der Waals surface area contributed by atoms with Gasteiger partial charge in [0.05, 0.1) is 12.2 Å². The lowest BCUT2D eigenvalue weighted by Crippen LogP contribution is -2.44. The lowest BCUT2D eigenvalue weighted by atomic mass is 10.1. The van der Waals surface area contributed by atoms with Crippen LogP contribution in [0.3, 0.4) is 0 Å². The number of aryl methyl sites for hydroxylation is 1. The minimum Gasteiger partial charge on any atom is -0.354 e. The summed E-state index contributed by atoms with van der Waals surface area (Å²) >= 11 is 1.60. The molecule has 2 aliphatic heterocycles. The van der Waals surface area contributed by atoms with Gasteiger partial charge >= 0.3 is 0 Å². The number of nitrogens with zero attached hydrogens (tertiary/aromatic N) is 6. The quantitative estimate of drug-likeness (QED) is 0.656. The van der Waals surface area contributed by atoms with Crippen molar-refractivity contribution in [2.75, 3.05) is 50.0 Å². The highest BCUT2D eigenvalue weighted by Crippen LogP contribution is 2.31. The van der Waals surface area contributed by atoms with Gasteiger partial charge in [0.2, 0.25) is 0 Å². The van der Waals surface area contributed by atoms with Crippen molar-refractivity contribution >= 4 is 34.0 Å². The van der Waals surface area contributed by atoms with Gasteiger partial charge in [-0.05, 0) is 26.1 Å². The van der Waals surface area contributed by atoms with Crippen LogP contribution in [0.1, 0.15) is 26.8 Å². The summed E-state index contributed by atoms with van der Waals surface area (Å²) in [6.45, 7) is 7.19. The maximum Gasteiger partial charge on any atom is 0.254 e. The Balaban J connectivity index is 1.30. The molecule has 1 N–H and O–H groups in total. The van der Waals surface area contributed by atoms with Crippen LogP contribution < -0.4 is 10.2 Å². The fourth-order valence-corrected chi connectivity index (χ4v) is 5.14. The molecule has 166 valence electrons. The molecule has 1 amide bonds. The number of anilines is 3. The Kier molecular flexibility index (Phi) is 5.75. The highest BCUT2D eigenvalue weighted by molar-refractivity contribution is 7.15. The van der Waals surface area contributed by atoms with Crippen LogP contribution in [0.5, 0.6) is 0 Å². The summed E-state index contributed by atoms with van der Waals surface area (Å²) in [6.07, 6.45) is 0.765. The topological polar surface area (TPSA) is 77.5 Å². The standard InChI is InChI=1S/C23H27N7OS/c1-16-24-20(14-21(25-16)29-12-10-28(2)11-13-29)27-23-26-18-8-9-30(15-19(18)32-23)22(31)17-6-4-3-5-7-17/h3-7,14H,8-13,15H2,1-2H3,(H,24,25,26,27). The number of piperazine rings is 1. The highest BCUT2D eigenvalue weighted by Gasteiger charge is 2.25. The molecular formula is C23H27N7OS. The molecule has 0 bridgehead atoms. The number of carbonyl (C=O) groups is 1. The molecule has 8 nitrogen and oxygen atoms in total. The van der Waals surface area contributed by atoms with Crippen molar-refractivity contribution in [2.24, 2.45) is 0 Å². The van der Waals surface area contributed by atoms with Gasteiger partial charge < -0.3 is 20.0 Å². The van der Waals surface area contributed by atoms with Gasteiger partial charge in [-0.2, -0.15) is 0 Å². The van der Waals surface area contributed by atoms with E-state index < -0.39 is 0 Å². The first kappa shape index (κ1) is 20.8. The molecule has 0 unspecified atom stereocenters. The van der Waals surface area contributed by atoms with Crippen LogP contribution in [0.4, 0.5) is 16.8 Å². The Bertz CT molecular complexity index is 1110. The lowest BCUT2D eigenvalue weighted by Gasteiger charge is -2.33. The van der Waals surface area contributed by atoms with E-state index in [0.717, 1.165) is 71.3 Å². The van der Waals surface area contributed by atoms with E-state index >= 15 is 0 Å². The second-order valence-corrected chi connectivity index (χ2v) is 9.39. The number of hydrogen-bond donors (Lipinski definition) is 1. The predicted octanol–water partition coefficient (Wildman–Crippen LogP) is 2.94.